The molecule has 1 heterocycles. The summed E-state index contributed by atoms with van der Waals surface area (Å²) >= 11 is 0. The van der Waals surface area contributed by atoms with Crippen LogP contribution in [0.1, 0.15) is 48.5 Å². The minimum absolute atomic E-state index is 0.130. The van der Waals surface area contributed by atoms with Crippen molar-refractivity contribution in [1.82, 2.24) is 5.43 Å². The van der Waals surface area contributed by atoms with Crippen LogP contribution < -0.4 is 10.3 Å². The van der Waals surface area contributed by atoms with Gasteiger partial charge in [-0.25, -0.2) is 5.43 Å². The molecular formula is C21H25N3O2. The molecule has 2 aromatic rings. The van der Waals surface area contributed by atoms with Gasteiger partial charge < -0.3 is 10.0 Å². The van der Waals surface area contributed by atoms with Crippen molar-refractivity contribution in [3.8, 4) is 5.75 Å². The van der Waals surface area contributed by atoms with E-state index in [-0.39, 0.29) is 11.7 Å². The maximum Gasteiger partial charge on any atom is 0.271 e. The lowest BCUT2D eigenvalue weighted by molar-refractivity contribution is 0.0955. The number of benzene rings is 2. The highest BCUT2D eigenvalue weighted by atomic mass is 16.3. The zero-order valence-electron chi connectivity index (χ0n) is 15.1. The summed E-state index contributed by atoms with van der Waals surface area (Å²) in [5.74, 6) is -0.170. The summed E-state index contributed by atoms with van der Waals surface area (Å²) in [6.45, 7) is 4.11. The monoisotopic (exact) mass is 351 g/mol. The zero-order valence-corrected chi connectivity index (χ0v) is 15.1. The van der Waals surface area contributed by atoms with Crippen molar-refractivity contribution in [1.29, 1.82) is 0 Å². The van der Waals surface area contributed by atoms with Gasteiger partial charge in [-0.05, 0) is 61.7 Å². The molecule has 3 rings (SSSR count). The molecule has 0 atom stereocenters. The number of rotatable bonds is 4. The van der Waals surface area contributed by atoms with Crippen LogP contribution in [-0.2, 0) is 0 Å². The fourth-order valence-corrected chi connectivity index (χ4v) is 3.12. The lowest BCUT2D eigenvalue weighted by Gasteiger charge is -2.22. The summed E-state index contributed by atoms with van der Waals surface area (Å²) in [6, 6.07) is 14.4. The SMILES string of the molecule is CC(=NNC(=O)c1ccc(O)cc1)c1ccc(N2CCCCCC2)cc1. The second-order valence-electron chi connectivity index (χ2n) is 6.63. The van der Waals surface area contributed by atoms with Crippen LogP contribution in [0.5, 0.6) is 5.75 Å². The highest BCUT2D eigenvalue weighted by Crippen LogP contribution is 2.20. The quantitative estimate of drug-likeness (QED) is 0.648. The maximum absolute atomic E-state index is 12.1. The molecule has 0 radical (unpaired) electrons. The summed E-state index contributed by atoms with van der Waals surface area (Å²) in [7, 11) is 0. The Morgan fingerprint density at radius 3 is 2.12 bits per heavy atom. The van der Waals surface area contributed by atoms with Crippen LogP contribution in [0.25, 0.3) is 0 Å². The lowest BCUT2D eigenvalue weighted by atomic mass is 10.1. The smallest absolute Gasteiger partial charge is 0.271 e. The van der Waals surface area contributed by atoms with Crippen LogP contribution in [0.4, 0.5) is 5.69 Å². The van der Waals surface area contributed by atoms with E-state index < -0.39 is 0 Å². The number of phenols is 1. The van der Waals surface area contributed by atoms with E-state index in [9.17, 15) is 9.90 Å². The highest BCUT2D eigenvalue weighted by Gasteiger charge is 2.10. The summed E-state index contributed by atoms with van der Waals surface area (Å²) < 4.78 is 0. The van der Waals surface area contributed by atoms with Crippen LogP contribution in [0.2, 0.25) is 0 Å². The molecule has 1 amide bonds. The van der Waals surface area contributed by atoms with Crippen LogP contribution in [0.3, 0.4) is 0 Å². The molecule has 0 saturated carbocycles. The Morgan fingerprint density at radius 2 is 1.50 bits per heavy atom. The second kappa shape index (κ2) is 8.52. The van der Waals surface area contributed by atoms with Crippen molar-refractivity contribution < 1.29 is 9.90 Å². The molecule has 0 spiro atoms. The third-order valence-electron chi connectivity index (χ3n) is 4.71. The molecule has 26 heavy (non-hydrogen) atoms. The number of anilines is 1. The van der Waals surface area contributed by atoms with Gasteiger partial charge in [0.15, 0.2) is 0 Å². The molecule has 136 valence electrons. The molecule has 1 saturated heterocycles. The van der Waals surface area contributed by atoms with Crippen molar-refractivity contribution >= 4 is 17.3 Å². The largest absolute Gasteiger partial charge is 0.508 e. The molecule has 5 nitrogen and oxygen atoms in total. The number of hydrogen-bond acceptors (Lipinski definition) is 4. The van der Waals surface area contributed by atoms with E-state index >= 15 is 0 Å². The Labute approximate surface area is 154 Å². The molecule has 2 N–H and O–H groups in total. The predicted molar refractivity (Wildman–Crippen MR) is 105 cm³/mol. The summed E-state index contributed by atoms with van der Waals surface area (Å²) in [5.41, 5.74) is 5.99. The molecule has 1 aliphatic heterocycles. The van der Waals surface area contributed by atoms with Gasteiger partial charge in [-0.2, -0.15) is 5.10 Å². The number of nitrogens with zero attached hydrogens (tertiary/aromatic N) is 2. The Bertz CT molecular complexity index is 759. The summed E-state index contributed by atoms with van der Waals surface area (Å²) in [4.78, 5) is 14.5. The average Bonchev–Trinajstić information content (AvgIpc) is 2.96. The van der Waals surface area contributed by atoms with E-state index in [1.165, 1.54) is 43.5 Å². The molecule has 1 fully saturated rings. The van der Waals surface area contributed by atoms with Gasteiger partial charge in [-0.3, -0.25) is 4.79 Å². The summed E-state index contributed by atoms with van der Waals surface area (Å²) in [6.07, 6.45) is 5.15. The van der Waals surface area contributed by atoms with Gasteiger partial charge in [0.25, 0.3) is 5.91 Å². The van der Waals surface area contributed by atoms with E-state index in [1.54, 1.807) is 12.1 Å². The van der Waals surface area contributed by atoms with E-state index in [2.05, 4.69) is 27.6 Å². The molecule has 0 unspecified atom stereocenters. The number of carbonyl (C=O) groups is 1. The van der Waals surface area contributed by atoms with Gasteiger partial charge in [0.1, 0.15) is 5.75 Å². The zero-order chi connectivity index (χ0) is 18.4. The van der Waals surface area contributed by atoms with Crippen LogP contribution in [0.15, 0.2) is 53.6 Å². The number of nitrogens with one attached hydrogen (secondary N) is 1. The van der Waals surface area contributed by atoms with E-state index in [0.717, 1.165) is 24.4 Å². The van der Waals surface area contributed by atoms with Gasteiger partial charge in [0, 0.05) is 24.3 Å². The average molecular weight is 351 g/mol. The first kappa shape index (κ1) is 18.0. The molecule has 5 heteroatoms. The van der Waals surface area contributed by atoms with E-state index in [1.807, 2.05) is 19.1 Å². The standard InChI is InChI=1S/C21H25N3O2/c1-16(22-23-21(26)18-8-12-20(25)13-9-18)17-6-10-19(11-7-17)24-14-4-2-3-5-15-24/h6-13,25H,2-5,14-15H2,1H3,(H,23,26). The predicted octanol–water partition coefficient (Wildman–Crippen LogP) is 3.93. The van der Waals surface area contributed by atoms with Crippen LogP contribution in [0, 0.1) is 0 Å². The van der Waals surface area contributed by atoms with E-state index in [0.29, 0.717) is 5.56 Å². The normalized spacial score (nSPS) is 15.4. The lowest BCUT2D eigenvalue weighted by Crippen LogP contribution is -2.23. The van der Waals surface area contributed by atoms with Crippen LogP contribution in [-0.4, -0.2) is 29.8 Å². The van der Waals surface area contributed by atoms with Gasteiger partial charge in [-0.1, -0.05) is 25.0 Å². The number of phenolic OH excluding ortho intramolecular Hbond substituents is 1. The van der Waals surface area contributed by atoms with Gasteiger partial charge >= 0.3 is 0 Å². The van der Waals surface area contributed by atoms with Crippen molar-refractivity contribution in [2.45, 2.75) is 32.6 Å². The van der Waals surface area contributed by atoms with Crippen LogP contribution >= 0.6 is 0 Å². The topological polar surface area (TPSA) is 64.9 Å². The molecule has 0 aliphatic carbocycles. The first-order valence-electron chi connectivity index (χ1n) is 9.12. The molecule has 1 aliphatic rings. The second-order valence-corrected chi connectivity index (χ2v) is 6.63. The highest BCUT2D eigenvalue weighted by molar-refractivity contribution is 6.01. The van der Waals surface area contributed by atoms with Crippen molar-refractivity contribution in [2.24, 2.45) is 5.10 Å². The van der Waals surface area contributed by atoms with Gasteiger partial charge in [-0.15, -0.1) is 0 Å². The van der Waals surface area contributed by atoms with E-state index in [4.69, 9.17) is 0 Å². The molecule has 0 bridgehead atoms. The minimum atomic E-state index is -0.300. The van der Waals surface area contributed by atoms with Crippen molar-refractivity contribution in [3.05, 3.63) is 59.7 Å². The third kappa shape index (κ3) is 4.63. The van der Waals surface area contributed by atoms with Crippen molar-refractivity contribution in [3.63, 3.8) is 0 Å². The Kier molecular flexibility index (Phi) is 5.89. The Hall–Kier alpha value is -2.82. The molecular weight excluding hydrogens is 326 g/mol. The first-order chi connectivity index (χ1) is 12.6. The summed E-state index contributed by atoms with van der Waals surface area (Å²) in [5, 5.41) is 13.5. The number of amides is 1. The third-order valence-corrected chi connectivity index (χ3v) is 4.71. The Balaban J connectivity index is 1.63. The molecule has 0 aromatic heterocycles. The number of hydrogen-bond donors (Lipinski definition) is 2. The fraction of sp³-hybridized carbons (Fsp3) is 0.333. The van der Waals surface area contributed by atoms with Gasteiger partial charge in [0.05, 0.1) is 5.71 Å². The van der Waals surface area contributed by atoms with Crippen molar-refractivity contribution in [2.75, 3.05) is 18.0 Å². The Morgan fingerprint density at radius 1 is 0.923 bits per heavy atom. The number of carbonyl (C=O) groups excluding carboxylic acids is 1. The number of aromatic hydroxyl groups is 1. The van der Waals surface area contributed by atoms with Gasteiger partial charge in [0.2, 0.25) is 0 Å². The number of hydrazone groups is 1. The maximum atomic E-state index is 12.1. The molecule has 2 aromatic carbocycles. The fourth-order valence-electron chi connectivity index (χ4n) is 3.12. The minimum Gasteiger partial charge on any atom is -0.508 e. The first-order valence-corrected chi connectivity index (χ1v) is 9.12.